The van der Waals surface area contributed by atoms with E-state index in [0.717, 1.165) is 19.4 Å². The maximum atomic E-state index is 6.03. The van der Waals surface area contributed by atoms with Crippen LogP contribution in [0.2, 0.25) is 0 Å². The standard InChI is InChI=1S/C11H18N2.ClH/c1-9-5-2-3-6-10(9)11(13)7-4-8-12;/h2-3,5-6,11H,4,7-8,12-13H2,1H3;1H/t11-;/m1./s1. The number of halogens is 1. The zero-order chi connectivity index (χ0) is 9.68. The maximum Gasteiger partial charge on any atom is 0.0297 e. The topological polar surface area (TPSA) is 52.0 Å². The summed E-state index contributed by atoms with van der Waals surface area (Å²) in [4.78, 5) is 0. The Hall–Kier alpha value is -0.570. The van der Waals surface area contributed by atoms with Gasteiger partial charge in [-0.3, -0.25) is 0 Å². The van der Waals surface area contributed by atoms with Crippen molar-refractivity contribution in [3.8, 4) is 0 Å². The average molecular weight is 215 g/mol. The first-order valence-corrected chi connectivity index (χ1v) is 4.77. The highest BCUT2D eigenvalue weighted by molar-refractivity contribution is 5.85. The van der Waals surface area contributed by atoms with Crippen LogP contribution < -0.4 is 11.5 Å². The van der Waals surface area contributed by atoms with Gasteiger partial charge in [-0.2, -0.15) is 0 Å². The molecule has 0 aliphatic carbocycles. The molecule has 1 aromatic carbocycles. The summed E-state index contributed by atoms with van der Waals surface area (Å²) < 4.78 is 0. The average Bonchev–Trinajstić information content (AvgIpc) is 2.15. The lowest BCUT2D eigenvalue weighted by Gasteiger charge is -2.13. The molecule has 0 aromatic heterocycles. The molecule has 1 rings (SSSR count). The summed E-state index contributed by atoms with van der Waals surface area (Å²) >= 11 is 0. The van der Waals surface area contributed by atoms with Crippen molar-refractivity contribution >= 4 is 12.4 Å². The van der Waals surface area contributed by atoms with Gasteiger partial charge >= 0.3 is 0 Å². The van der Waals surface area contributed by atoms with Crippen molar-refractivity contribution < 1.29 is 0 Å². The minimum absolute atomic E-state index is 0. The van der Waals surface area contributed by atoms with E-state index < -0.39 is 0 Å². The largest absolute Gasteiger partial charge is 0.330 e. The van der Waals surface area contributed by atoms with E-state index in [1.807, 2.05) is 12.1 Å². The highest BCUT2D eigenvalue weighted by Gasteiger charge is 2.06. The van der Waals surface area contributed by atoms with Crippen molar-refractivity contribution in [2.45, 2.75) is 25.8 Å². The highest BCUT2D eigenvalue weighted by Crippen LogP contribution is 2.18. The molecule has 1 atom stereocenters. The fraction of sp³-hybridized carbons (Fsp3) is 0.455. The van der Waals surface area contributed by atoms with Crippen LogP contribution in [0.4, 0.5) is 0 Å². The van der Waals surface area contributed by atoms with Crippen LogP contribution in [0.1, 0.15) is 30.0 Å². The number of hydrogen-bond acceptors (Lipinski definition) is 2. The van der Waals surface area contributed by atoms with Crippen LogP contribution in [0, 0.1) is 6.92 Å². The summed E-state index contributed by atoms with van der Waals surface area (Å²) in [5, 5.41) is 0. The van der Waals surface area contributed by atoms with Gasteiger partial charge in [0.25, 0.3) is 0 Å². The Morgan fingerprint density at radius 3 is 2.50 bits per heavy atom. The molecule has 80 valence electrons. The lowest BCUT2D eigenvalue weighted by atomic mass is 9.98. The maximum absolute atomic E-state index is 6.03. The SMILES string of the molecule is Cc1ccccc1[C@H](N)CCCN.Cl. The van der Waals surface area contributed by atoms with Gasteiger partial charge in [0.2, 0.25) is 0 Å². The smallest absolute Gasteiger partial charge is 0.0297 e. The lowest BCUT2D eigenvalue weighted by Crippen LogP contribution is -2.13. The normalized spacial score (nSPS) is 11.9. The summed E-state index contributed by atoms with van der Waals surface area (Å²) in [5.74, 6) is 0. The summed E-state index contributed by atoms with van der Waals surface area (Å²) in [5.41, 5.74) is 14.0. The molecule has 0 amide bonds. The molecule has 14 heavy (non-hydrogen) atoms. The molecule has 0 saturated heterocycles. The van der Waals surface area contributed by atoms with Crippen LogP contribution in [0.5, 0.6) is 0 Å². The van der Waals surface area contributed by atoms with Gasteiger partial charge in [-0.25, -0.2) is 0 Å². The molecule has 2 nitrogen and oxygen atoms in total. The van der Waals surface area contributed by atoms with Gasteiger partial charge in [0, 0.05) is 6.04 Å². The van der Waals surface area contributed by atoms with Crippen LogP contribution in [0.25, 0.3) is 0 Å². The molecular weight excluding hydrogens is 196 g/mol. The van der Waals surface area contributed by atoms with E-state index in [4.69, 9.17) is 11.5 Å². The molecule has 0 fully saturated rings. The van der Waals surface area contributed by atoms with Gasteiger partial charge in [0.15, 0.2) is 0 Å². The van der Waals surface area contributed by atoms with E-state index in [1.54, 1.807) is 0 Å². The Kier molecular flexibility index (Phi) is 6.54. The van der Waals surface area contributed by atoms with Crippen LogP contribution in [0.15, 0.2) is 24.3 Å². The van der Waals surface area contributed by atoms with Crippen LogP contribution in [-0.4, -0.2) is 6.54 Å². The van der Waals surface area contributed by atoms with E-state index in [9.17, 15) is 0 Å². The van der Waals surface area contributed by atoms with E-state index in [2.05, 4.69) is 19.1 Å². The van der Waals surface area contributed by atoms with E-state index >= 15 is 0 Å². The quantitative estimate of drug-likeness (QED) is 0.807. The third-order valence-electron chi connectivity index (χ3n) is 2.31. The number of hydrogen-bond donors (Lipinski definition) is 2. The Morgan fingerprint density at radius 2 is 1.93 bits per heavy atom. The monoisotopic (exact) mass is 214 g/mol. The molecule has 0 heterocycles. The molecule has 3 heteroatoms. The van der Waals surface area contributed by atoms with Gasteiger partial charge in [-0.1, -0.05) is 24.3 Å². The van der Waals surface area contributed by atoms with Crippen molar-refractivity contribution in [1.82, 2.24) is 0 Å². The predicted molar refractivity (Wildman–Crippen MR) is 63.6 cm³/mol. The third kappa shape index (κ3) is 3.66. The molecule has 0 aliphatic rings. The van der Waals surface area contributed by atoms with E-state index in [-0.39, 0.29) is 18.4 Å². The first-order chi connectivity index (χ1) is 6.25. The molecule has 0 aliphatic heterocycles. The number of rotatable bonds is 4. The van der Waals surface area contributed by atoms with Gasteiger partial charge in [-0.05, 0) is 37.4 Å². The summed E-state index contributed by atoms with van der Waals surface area (Å²) in [6.07, 6.45) is 1.97. The van der Waals surface area contributed by atoms with Crippen LogP contribution in [-0.2, 0) is 0 Å². The Morgan fingerprint density at radius 1 is 1.29 bits per heavy atom. The van der Waals surface area contributed by atoms with Crippen molar-refractivity contribution in [3.05, 3.63) is 35.4 Å². The highest BCUT2D eigenvalue weighted by atomic mass is 35.5. The summed E-state index contributed by atoms with van der Waals surface area (Å²) in [6, 6.07) is 8.40. The second-order valence-corrected chi connectivity index (χ2v) is 3.39. The fourth-order valence-electron chi connectivity index (χ4n) is 1.50. The second-order valence-electron chi connectivity index (χ2n) is 3.39. The van der Waals surface area contributed by atoms with Gasteiger partial charge < -0.3 is 11.5 Å². The third-order valence-corrected chi connectivity index (χ3v) is 2.31. The van der Waals surface area contributed by atoms with Crippen molar-refractivity contribution in [2.24, 2.45) is 11.5 Å². The predicted octanol–water partition coefficient (Wildman–Crippen LogP) is 2.16. The van der Waals surface area contributed by atoms with E-state index in [1.165, 1.54) is 11.1 Å². The van der Waals surface area contributed by atoms with Crippen molar-refractivity contribution in [2.75, 3.05) is 6.54 Å². The molecular formula is C11H19ClN2. The minimum Gasteiger partial charge on any atom is -0.330 e. The number of nitrogens with two attached hydrogens (primary N) is 2. The van der Waals surface area contributed by atoms with E-state index in [0.29, 0.717) is 0 Å². The fourth-order valence-corrected chi connectivity index (χ4v) is 1.50. The van der Waals surface area contributed by atoms with Crippen LogP contribution >= 0.6 is 12.4 Å². The van der Waals surface area contributed by atoms with Crippen LogP contribution in [0.3, 0.4) is 0 Å². The summed E-state index contributed by atoms with van der Waals surface area (Å²) in [6.45, 7) is 2.82. The zero-order valence-electron chi connectivity index (χ0n) is 8.57. The zero-order valence-corrected chi connectivity index (χ0v) is 9.39. The first-order valence-electron chi connectivity index (χ1n) is 4.77. The molecule has 0 radical (unpaired) electrons. The van der Waals surface area contributed by atoms with Crippen molar-refractivity contribution in [1.29, 1.82) is 0 Å². The molecule has 1 aromatic rings. The number of aryl methyl sites for hydroxylation is 1. The lowest BCUT2D eigenvalue weighted by molar-refractivity contribution is 0.615. The Bertz CT molecular complexity index is 263. The molecule has 0 bridgehead atoms. The summed E-state index contributed by atoms with van der Waals surface area (Å²) in [7, 11) is 0. The second kappa shape index (κ2) is 6.82. The van der Waals surface area contributed by atoms with Gasteiger partial charge in [0.1, 0.15) is 0 Å². The molecule has 0 spiro atoms. The number of benzene rings is 1. The first kappa shape index (κ1) is 13.4. The Labute approximate surface area is 92.1 Å². The minimum atomic E-state index is 0. The van der Waals surface area contributed by atoms with Gasteiger partial charge in [0.05, 0.1) is 0 Å². The Balaban J connectivity index is 0.00000169. The van der Waals surface area contributed by atoms with Gasteiger partial charge in [-0.15, -0.1) is 12.4 Å². The molecule has 0 saturated carbocycles. The molecule has 4 N–H and O–H groups in total. The van der Waals surface area contributed by atoms with Crippen molar-refractivity contribution in [3.63, 3.8) is 0 Å². The molecule has 0 unspecified atom stereocenters.